The fraction of sp³-hybridized carbons (Fsp3) is 0.214. The Morgan fingerprint density at radius 2 is 2.05 bits per heavy atom. The first-order valence-corrected chi connectivity index (χ1v) is 6.91. The van der Waals surface area contributed by atoms with Crippen LogP contribution in [0.1, 0.15) is 9.67 Å². The van der Waals surface area contributed by atoms with Crippen molar-refractivity contribution in [2.24, 2.45) is 0 Å². The number of carbonyl (C=O) groups is 1. The highest BCUT2D eigenvalue weighted by atomic mass is 32.1. The smallest absolute Gasteiger partial charge is 0.191 e. The maximum atomic E-state index is 11.9. The van der Waals surface area contributed by atoms with Crippen molar-refractivity contribution in [3.05, 3.63) is 40.6 Å². The molecule has 2 aromatic rings. The Bertz CT molecular complexity index is 580. The molecular weight excluding hydrogens is 262 g/mol. The van der Waals surface area contributed by atoms with Crippen LogP contribution in [0.25, 0.3) is 0 Å². The van der Waals surface area contributed by atoms with Gasteiger partial charge in [-0.3, -0.25) is 4.79 Å². The van der Waals surface area contributed by atoms with Gasteiger partial charge in [0.2, 0.25) is 0 Å². The van der Waals surface area contributed by atoms with Crippen LogP contribution in [0.15, 0.2) is 35.7 Å². The molecule has 1 aliphatic heterocycles. The van der Waals surface area contributed by atoms with Gasteiger partial charge in [0.25, 0.3) is 0 Å². The molecule has 0 fully saturated rings. The van der Waals surface area contributed by atoms with Gasteiger partial charge in [-0.25, -0.2) is 0 Å². The van der Waals surface area contributed by atoms with Crippen LogP contribution in [0.5, 0.6) is 11.5 Å². The summed E-state index contributed by atoms with van der Waals surface area (Å²) in [6, 6.07) is 9.30. The van der Waals surface area contributed by atoms with Gasteiger partial charge < -0.3 is 14.8 Å². The average Bonchev–Trinajstić information content (AvgIpc) is 2.99. The second-order valence-electron chi connectivity index (χ2n) is 4.11. The lowest BCUT2D eigenvalue weighted by Gasteiger charge is -2.19. The number of anilines is 1. The van der Waals surface area contributed by atoms with E-state index in [1.165, 1.54) is 11.3 Å². The van der Waals surface area contributed by atoms with Crippen molar-refractivity contribution in [1.29, 1.82) is 0 Å². The van der Waals surface area contributed by atoms with Crippen LogP contribution in [0.4, 0.5) is 5.69 Å². The molecule has 0 spiro atoms. The van der Waals surface area contributed by atoms with Crippen molar-refractivity contribution in [1.82, 2.24) is 0 Å². The molecule has 0 bridgehead atoms. The first-order valence-electron chi connectivity index (χ1n) is 6.03. The highest BCUT2D eigenvalue weighted by Gasteiger charge is 2.12. The monoisotopic (exact) mass is 275 g/mol. The van der Waals surface area contributed by atoms with E-state index in [9.17, 15) is 4.79 Å². The molecule has 0 amide bonds. The number of benzene rings is 1. The fourth-order valence-corrected chi connectivity index (χ4v) is 2.52. The molecule has 0 atom stereocenters. The van der Waals surface area contributed by atoms with Crippen molar-refractivity contribution in [3.8, 4) is 11.5 Å². The van der Waals surface area contributed by atoms with Gasteiger partial charge >= 0.3 is 0 Å². The molecule has 1 aliphatic rings. The predicted octanol–water partition coefficient (Wildman–Crippen LogP) is 2.81. The van der Waals surface area contributed by atoms with E-state index in [4.69, 9.17) is 9.47 Å². The summed E-state index contributed by atoms with van der Waals surface area (Å²) in [5, 5.41) is 5.00. The number of fused-ring (bicyclic) bond motifs is 1. The quantitative estimate of drug-likeness (QED) is 0.872. The molecular formula is C14H13NO3S. The van der Waals surface area contributed by atoms with Crippen LogP contribution in [0.3, 0.4) is 0 Å². The topological polar surface area (TPSA) is 47.6 Å². The van der Waals surface area contributed by atoms with Crippen molar-refractivity contribution >= 4 is 22.8 Å². The molecule has 1 aromatic heterocycles. The van der Waals surface area contributed by atoms with Crippen LogP contribution in [-0.2, 0) is 0 Å². The van der Waals surface area contributed by atoms with Gasteiger partial charge in [0.15, 0.2) is 17.3 Å². The third kappa shape index (κ3) is 2.71. The van der Waals surface area contributed by atoms with Gasteiger partial charge in [0.1, 0.15) is 13.2 Å². The van der Waals surface area contributed by atoms with Gasteiger partial charge in [-0.2, -0.15) is 0 Å². The molecule has 1 aromatic carbocycles. The van der Waals surface area contributed by atoms with Gasteiger partial charge in [0, 0.05) is 11.8 Å². The van der Waals surface area contributed by atoms with Gasteiger partial charge in [-0.1, -0.05) is 6.07 Å². The number of ketones is 1. The molecule has 19 heavy (non-hydrogen) atoms. The minimum Gasteiger partial charge on any atom is -0.486 e. The number of nitrogens with one attached hydrogen (secondary N) is 1. The van der Waals surface area contributed by atoms with Gasteiger partial charge in [-0.15, -0.1) is 11.3 Å². The molecule has 4 nitrogen and oxygen atoms in total. The molecule has 0 aliphatic carbocycles. The van der Waals surface area contributed by atoms with Crippen molar-refractivity contribution in [3.63, 3.8) is 0 Å². The lowest BCUT2D eigenvalue weighted by molar-refractivity contribution is 0.101. The lowest BCUT2D eigenvalue weighted by atomic mass is 10.2. The summed E-state index contributed by atoms with van der Waals surface area (Å²) < 4.78 is 10.9. The zero-order valence-corrected chi connectivity index (χ0v) is 11.0. The molecule has 0 unspecified atom stereocenters. The van der Waals surface area contributed by atoms with E-state index < -0.39 is 0 Å². The molecule has 1 N–H and O–H groups in total. The summed E-state index contributed by atoms with van der Waals surface area (Å²) >= 11 is 1.45. The van der Waals surface area contributed by atoms with E-state index in [1.807, 2.05) is 35.7 Å². The second-order valence-corrected chi connectivity index (χ2v) is 5.06. The van der Waals surface area contributed by atoms with E-state index in [0.29, 0.717) is 13.2 Å². The second kappa shape index (κ2) is 5.32. The van der Waals surface area contributed by atoms with Crippen molar-refractivity contribution < 1.29 is 14.3 Å². The molecule has 2 heterocycles. The number of ether oxygens (including phenoxy) is 2. The SMILES string of the molecule is O=C(CNc1ccc2c(c1)OCCO2)c1cccs1. The molecule has 5 heteroatoms. The average molecular weight is 275 g/mol. The highest BCUT2D eigenvalue weighted by molar-refractivity contribution is 7.12. The van der Waals surface area contributed by atoms with Crippen molar-refractivity contribution in [2.75, 3.05) is 25.1 Å². The first-order chi connectivity index (χ1) is 9.33. The van der Waals surface area contributed by atoms with E-state index in [1.54, 1.807) is 0 Å². The van der Waals surface area contributed by atoms with E-state index >= 15 is 0 Å². The van der Waals surface area contributed by atoms with Gasteiger partial charge in [-0.05, 0) is 23.6 Å². The summed E-state index contributed by atoms with van der Waals surface area (Å²) in [4.78, 5) is 12.6. The number of Topliss-reactive ketones (excluding diaryl/α,β-unsaturated/α-hetero) is 1. The summed E-state index contributed by atoms with van der Waals surface area (Å²) in [5.74, 6) is 1.56. The van der Waals surface area contributed by atoms with Crippen LogP contribution < -0.4 is 14.8 Å². The fourth-order valence-electron chi connectivity index (χ4n) is 1.86. The van der Waals surface area contributed by atoms with Gasteiger partial charge in [0.05, 0.1) is 11.4 Å². The predicted molar refractivity (Wildman–Crippen MR) is 74.6 cm³/mol. The zero-order valence-electron chi connectivity index (χ0n) is 10.2. The summed E-state index contributed by atoms with van der Waals surface area (Å²) in [6.07, 6.45) is 0. The molecule has 0 saturated carbocycles. The molecule has 0 saturated heterocycles. The number of hydrogen-bond acceptors (Lipinski definition) is 5. The normalized spacial score (nSPS) is 13.1. The maximum Gasteiger partial charge on any atom is 0.191 e. The van der Waals surface area contributed by atoms with Crippen LogP contribution in [0, 0.1) is 0 Å². The molecule has 3 rings (SSSR count). The molecule has 98 valence electrons. The van der Waals surface area contributed by atoms with Crippen molar-refractivity contribution in [2.45, 2.75) is 0 Å². The third-order valence-electron chi connectivity index (χ3n) is 2.79. The Hall–Kier alpha value is -2.01. The Kier molecular flexibility index (Phi) is 3.37. The minimum absolute atomic E-state index is 0.0879. The summed E-state index contributed by atoms with van der Waals surface area (Å²) in [6.45, 7) is 1.42. The largest absolute Gasteiger partial charge is 0.486 e. The number of thiophene rings is 1. The van der Waals surface area contributed by atoms with E-state index in [2.05, 4.69) is 5.32 Å². The van der Waals surface area contributed by atoms with E-state index in [0.717, 1.165) is 22.1 Å². The summed E-state index contributed by atoms with van der Waals surface area (Å²) in [5.41, 5.74) is 0.856. The number of rotatable bonds is 4. The van der Waals surface area contributed by atoms with Crippen LogP contribution >= 0.6 is 11.3 Å². The van der Waals surface area contributed by atoms with E-state index in [-0.39, 0.29) is 12.3 Å². The number of hydrogen-bond donors (Lipinski definition) is 1. The summed E-state index contributed by atoms with van der Waals surface area (Å²) in [7, 11) is 0. The van der Waals surface area contributed by atoms with Crippen LogP contribution in [0.2, 0.25) is 0 Å². The maximum absolute atomic E-state index is 11.9. The minimum atomic E-state index is 0.0879. The zero-order chi connectivity index (χ0) is 13.1. The first kappa shape index (κ1) is 12.0. The Balaban J connectivity index is 1.65. The Labute approximate surface area is 115 Å². The lowest BCUT2D eigenvalue weighted by Crippen LogP contribution is -2.16. The number of carbonyl (C=O) groups excluding carboxylic acids is 1. The highest BCUT2D eigenvalue weighted by Crippen LogP contribution is 2.32. The Morgan fingerprint density at radius 3 is 2.84 bits per heavy atom. The van der Waals surface area contributed by atoms with Crippen LogP contribution in [-0.4, -0.2) is 25.5 Å². The standard InChI is InChI=1S/C14H13NO3S/c16-11(14-2-1-7-19-14)9-15-10-3-4-12-13(8-10)18-6-5-17-12/h1-4,7-8,15H,5-6,9H2. The molecule has 0 radical (unpaired) electrons. The third-order valence-corrected chi connectivity index (χ3v) is 3.70. The Morgan fingerprint density at radius 1 is 1.21 bits per heavy atom.